The number of rotatable bonds is 6. The summed E-state index contributed by atoms with van der Waals surface area (Å²) in [6, 6.07) is 13.8. The fourth-order valence-electron chi connectivity index (χ4n) is 4.16. The molecule has 0 aliphatic carbocycles. The van der Waals surface area contributed by atoms with Gasteiger partial charge in [0.15, 0.2) is 6.10 Å². The Labute approximate surface area is 198 Å². The first-order valence-electron chi connectivity index (χ1n) is 11.5. The Hall–Kier alpha value is -2.54. The summed E-state index contributed by atoms with van der Waals surface area (Å²) in [4.78, 5) is 13.4. The van der Waals surface area contributed by atoms with Gasteiger partial charge in [-0.15, -0.1) is 0 Å². The summed E-state index contributed by atoms with van der Waals surface area (Å²) >= 11 is 0. The molecule has 3 rings (SSSR count). The molecule has 0 radical (unpaired) electrons. The number of amides is 1. The molecule has 1 aliphatic rings. The molecule has 6 nitrogen and oxygen atoms in total. The van der Waals surface area contributed by atoms with E-state index in [-0.39, 0.29) is 40.6 Å². The van der Waals surface area contributed by atoms with Crippen LogP contribution in [0.15, 0.2) is 53.4 Å². The Balaban J connectivity index is 2.04. The minimum absolute atomic E-state index is 0.0371. The Bertz CT molecular complexity index is 1080. The van der Waals surface area contributed by atoms with Crippen molar-refractivity contribution in [1.29, 1.82) is 0 Å². The van der Waals surface area contributed by atoms with Crippen LogP contribution in [0, 0.1) is 11.8 Å². The highest BCUT2D eigenvalue weighted by molar-refractivity contribution is 7.92. The van der Waals surface area contributed by atoms with Gasteiger partial charge in [0.25, 0.3) is 15.9 Å². The summed E-state index contributed by atoms with van der Waals surface area (Å²) in [5.74, 6) is 0.562. The van der Waals surface area contributed by atoms with Crippen LogP contribution in [0.25, 0.3) is 0 Å². The molecule has 0 bridgehead atoms. The molecule has 0 aromatic heterocycles. The number of carbonyl (C=O) groups excluding carboxylic acids is 1. The molecule has 1 N–H and O–H groups in total. The van der Waals surface area contributed by atoms with Gasteiger partial charge in [0, 0.05) is 6.04 Å². The molecule has 7 heteroatoms. The second-order valence-corrected chi connectivity index (χ2v) is 12.3. The van der Waals surface area contributed by atoms with Crippen molar-refractivity contribution in [3.63, 3.8) is 0 Å². The third kappa shape index (κ3) is 5.35. The van der Waals surface area contributed by atoms with Crippen LogP contribution in [0.4, 0.5) is 5.69 Å². The van der Waals surface area contributed by atoms with Crippen molar-refractivity contribution in [1.82, 2.24) is 5.32 Å². The Morgan fingerprint density at radius 1 is 1.03 bits per heavy atom. The number of nitrogens with zero attached hydrogens (tertiary/aromatic N) is 1. The number of anilines is 1. The number of benzene rings is 2. The number of carbonyl (C=O) groups is 1. The molecule has 0 spiro atoms. The molecule has 1 atom stereocenters. The molecule has 2 aromatic rings. The molecule has 0 saturated heterocycles. The topological polar surface area (TPSA) is 75.7 Å². The van der Waals surface area contributed by atoms with Crippen LogP contribution in [-0.2, 0) is 20.2 Å². The molecule has 1 amide bonds. The minimum Gasteiger partial charge on any atom is -0.476 e. The summed E-state index contributed by atoms with van der Waals surface area (Å²) in [5.41, 5.74) is 1.27. The molecule has 0 unspecified atom stereocenters. The van der Waals surface area contributed by atoms with Crippen LogP contribution in [0.2, 0.25) is 0 Å². The average Bonchev–Trinajstić information content (AvgIpc) is 2.75. The molecule has 0 fully saturated rings. The highest BCUT2D eigenvalue weighted by atomic mass is 32.2. The Morgan fingerprint density at radius 3 is 2.18 bits per heavy atom. The van der Waals surface area contributed by atoms with Gasteiger partial charge in [0.05, 0.1) is 17.1 Å². The lowest BCUT2D eigenvalue weighted by Gasteiger charge is -2.37. The van der Waals surface area contributed by atoms with E-state index in [9.17, 15) is 13.2 Å². The number of sulfonamides is 1. The van der Waals surface area contributed by atoms with Gasteiger partial charge in [-0.3, -0.25) is 9.10 Å². The van der Waals surface area contributed by atoms with Gasteiger partial charge in [-0.25, -0.2) is 8.42 Å². The van der Waals surface area contributed by atoms with Crippen LogP contribution >= 0.6 is 0 Å². The van der Waals surface area contributed by atoms with Crippen molar-refractivity contribution >= 4 is 21.6 Å². The predicted octanol–water partition coefficient (Wildman–Crippen LogP) is 4.74. The second-order valence-electron chi connectivity index (χ2n) is 10.4. The maximum atomic E-state index is 13.7. The molecule has 2 aromatic carbocycles. The minimum atomic E-state index is -3.89. The van der Waals surface area contributed by atoms with E-state index in [0.717, 1.165) is 5.56 Å². The lowest BCUT2D eigenvalue weighted by molar-refractivity contribution is -0.129. The molecule has 0 saturated carbocycles. The first kappa shape index (κ1) is 25.1. The maximum absolute atomic E-state index is 13.7. The van der Waals surface area contributed by atoms with E-state index in [1.54, 1.807) is 36.4 Å². The second kappa shape index (κ2) is 9.37. The van der Waals surface area contributed by atoms with E-state index >= 15 is 0 Å². The zero-order valence-corrected chi connectivity index (χ0v) is 21.4. The van der Waals surface area contributed by atoms with Gasteiger partial charge < -0.3 is 10.1 Å². The van der Waals surface area contributed by atoms with E-state index in [2.05, 4.69) is 53.8 Å². The number of fused-ring (bicyclic) bond motifs is 1. The first-order valence-corrected chi connectivity index (χ1v) is 13.0. The van der Waals surface area contributed by atoms with Crippen molar-refractivity contribution in [2.24, 2.45) is 11.8 Å². The van der Waals surface area contributed by atoms with Gasteiger partial charge in [0.1, 0.15) is 5.75 Å². The number of nitrogens with one attached hydrogen (secondary N) is 1. The summed E-state index contributed by atoms with van der Waals surface area (Å²) < 4.78 is 34.7. The summed E-state index contributed by atoms with van der Waals surface area (Å²) in [6.45, 7) is 14.4. The monoisotopic (exact) mass is 472 g/mol. The van der Waals surface area contributed by atoms with Crippen molar-refractivity contribution in [2.75, 3.05) is 10.8 Å². The number of ether oxygens (including phenoxy) is 1. The molecule has 1 heterocycles. The molecule has 180 valence electrons. The van der Waals surface area contributed by atoms with Crippen molar-refractivity contribution in [2.45, 2.75) is 70.9 Å². The van der Waals surface area contributed by atoms with Crippen LogP contribution < -0.4 is 14.4 Å². The quantitative estimate of drug-likeness (QED) is 0.659. The normalized spacial score (nSPS) is 16.7. The zero-order chi connectivity index (χ0) is 24.6. The summed E-state index contributed by atoms with van der Waals surface area (Å²) in [6.07, 6.45) is -0.948. The largest absolute Gasteiger partial charge is 0.476 e. The van der Waals surface area contributed by atoms with Crippen LogP contribution in [-0.4, -0.2) is 33.0 Å². The van der Waals surface area contributed by atoms with E-state index in [4.69, 9.17) is 4.74 Å². The third-order valence-electron chi connectivity index (χ3n) is 6.06. The molecule has 33 heavy (non-hydrogen) atoms. The lowest BCUT2D eigenvalue weighted by atomic mass is 9.86. The van der Waals surface area contributed by atoms with Gasteiger partial charge >= 0.3 is 0 Å². The van der Waals surface area contributed by atoms with Gasteiger partial charge in [-0.05, 0) is 47.1 Å². The highest BCUT2D eigenvalue weighted by Gasteiger charge is 2.39. The summed E-state index contributed by atoms with van der Waals surface area (Å²) in [7, 11) is -3.89. The van der Waals surface area contributed by atoms with Crippen LogP contribution in [0.1, 0.15) is 54.0 Å². The summed E-state index contributed by atoms with van der Waals surface area (Å²) in [5, 5.41) is 3.08. The first-order chi connectivity index (χ1) is 15.3. The average molecular weight is 473 g/mol. The molecular formula is C26H36N2O4S. The van der Waals surface area contributed by atoms with Gasteiger partial charge in [-0.2, -0.15) is 0 Å². The highest BCUT2D eigenvalue weighted by Crippen LogP contribution is 2.40. The fourth-order valence-corrected chi connectivity index (χ4v) is 5.65. The van der Waals surface area contributed by atoms with Crippen LogP contribution in [0.3, 0.4) is 0 Å². The SMILES string of the molecule is CC(C)C(NC(=O)[C@@H]1CN(S(=O)(=O)c2ccccc2)c2cc(C(C)(C)C)ccc2O1)C(C)C. The third-order valence-corrected chi connectivity index (χ3v) is 7.86. The number of hydrogen-bond acceptors (Lipinski definition) is 4. The zero-order valence-electron chi connectivity index (χ0n) is 20.6. The van der Waals surface area contributed by atoms with E-state index in [1.165, 1.54) is 4.31 Å². The van der Waals surface area contributed by atoms with Crippen molar-refractivity contribution < 1.29 is 17.9 Å². The predicted molar refractivity (Wildman–Crippen MR) is 132 cm³/mol. The van der Waals surface area contributed by atoms with Gasteiger partial charge in [-0.1, -0.05) is 72.7 Å². The van der Waals surface area contributed by atoms with E-state index in [0.29, 0.717) is 11.4 Å². The standard InChI is InChI=1S/C26H36N2O4S/c1-17(2)24(18(3)4)27-25(29)23-16-28(33(30,31)20-11-9-8-10-12-20)21-15-19(26(5,6)7)13-14-22(21)32-23/h8-15,17-18,23-24H,16H2,1-7H3,(H,27,29)/t23-/m0/s1. The van der Waals surface area contributed by atoms with Crippen molar-refractivity contribution in [3.05, 3.63) is 54.1 Å². The number of hydrogen-bond donors (Lipinski definition) is 1. The fraction of sp³-hybridized carbons (Fsp3) is 0.500. The lowest BCUT2D eigenvalue weighted by Crippen LogP contribution is -2.54. The van der Waals surface area contributed by atoms with Crippen molar-refractivity contribution in [3.8, 4) is 5.75 Å². The van der Waals surface area contributed by atoms with E-state index in [1.807, 2.05) is 12.1 Å². The van der Waals surface area contributed by atoms with E-state index < -0.39 is 16.1 Å². The molecular weight excluding hydrogens is 436 g/mol. The van der Waals surface area contributed by atoms with Gasteiger partial charge in [0.2, 0.25) is 0 Å². The maximum Gasteiger partial charge on any atom is 0.264 e. The molecule has 1 aliphatic heterocycles. The smallest absolute Gasteiger partial charge is 0.264 e. The Morgan fingerprint density at radius 2 is 1.64 bits per heavy atom. The Kier molecular flexibility index (Phi) is 7.13. The van der Waals surface area contributed by atoms with Crippen LogP contribution in [0.5, 0.6) is 5.75 Å².